The number of carbonyl (C=O) groups is 3. The van der Waals surface area contributed by atoms with E-state index in [4.69, 9.17) is 23.7 Å². The van der Waals surface area contributed by atoms with Gasteiger partial charge in [-0.3, -0.25) is 19.1 Å². The Bertz CT molecular complexity index is 1030. The molecule has 1 N–H and O–H groups in total. The van der Waals surface area contributed by atoms with E-state index >= 15 is 0 Å². The van der Waals surface area contributed by atoms with Crippen LogP contribution in [0.5, 0.6) is 0 Å². The van der Waals surface area contributed by atoms with Gasteiger partial charge in [0, 0.05) is 38.4 Å². The summed E-state index contributed by atoms with van der Waals surface area (Å²) in [4.78, 5) is 37.9. The van der Waals surface area contributed by atoms with E-state index in [0.717, 1.165) is 5.57 Å². The summed E-state index contributed by atoms with van der Waals surface area (Å²) >= 11 is 0. The second kappa shape index (κ2) is 13.0. The lowest BCUT2D eigenvalue weighted by molar-refractivity contribution is -0.276. The first-order valence-corrected chi connectivity index (χ1v) is 14.3. The van der Waals surface area contributed by atoms with E-state index in [1.807, 2.05) is 27.7 Å². The third-order valence-electron chi connectivity index (χ3n) is 9.11. The standard InChI is InChI=1S/C31H46O9/c1-9-12-24(33)38-26-19(5)30(7,15-14-18(4)11-3)23-17-21(36-8)16-22-28(39-25(34)13-10-2)40-29(37-20(6)32)31(22,23)27(26)35/h11,14,16,19,21,23,26-29,35H,3,9-10,12-13,15,17H2,1-2,4-8H3/b18-14-/t19-,21+,23+,26-,27+,28+,29-,30+,31-/m1/s1. The summed E-state index contributed by atoms with van der Waals surface area (Å²) in [6, 6.07) is 0. The largest absolute Gasteiger partial charge is 0.459 e. The van der Waals surface area contributed by atoms with Crippen LogP contribution in [0.4, 0.5) is 0 Å². The molecule has 1 saturated carbocycles. The zero-order valence-corrected chi connectivity index (χ0v) is 24.9. The van der Waals surface area contributed by atoms with Gasteiger partial charge in [-0.2, -0.15) is 0 Å². The molecule has 9 heteroatoms. The van der Waals surface area contributed by atoms with Gasteiger partial charge in [0.05, 0.1) is 11.5 Å². The Kier molecular flexibility index (Phi) is 10.4. The van der Waals surface area contributed by atoms with Crippen molar-refractivity contribution in [3.63, 3.8) is 0 Å². The number of hydrogen-bond acceptors (Lipinski definition) is 9. The minimum Gasteiger partial charge on any atom is -0.459 e. The lowest BCUT2D eigenvalue weighted by atomic mass is 9.44. The number of esters is 3. The van der Waals surface area contributed by atoms with E-state index in [1.165, 1.54) is 6.92 Å². The molecule has 0 aromatic carbocycles. The predicted octanol–water partition coefficient (Wildman–Crippen LogP) is 4.77. The van der Waals surface area contributed by atoms with Crippen LogP contribution in [0.25, 0.3) is 0 Å². The van der Waals surface area contributed by atoms with Crippen molar-refractivity contribution in [1.29, 1.82) is 0 Å². The van der Waals surface area contributed by atoms with Gasteiger partial charge in [0.2, 0.25) is 12.6 Å². The fourth-order valence-electron chi connectivity index (χ4n) is 6.78. The number of aliphatic hydroxyl groups excluding tert-OH is 1. The van der Waals surface area contributed by atoms with Crippen LogP contribution in [0.15, 0.2) is 36.0 Å². The van der Waals surface area contributed by atoms with E-state index in [1.54, 1.807) is 19.3 Å². The molecule has 2 fully saturated rings. The third-order valence-corrected chi connectivity index (χ3v) is 9.11. The summed E-state index contributed by atoms with van der Waals surface area (Å²) in [6.07, 6.45) is 3.14. The first kappa shape index (κ1) is 32.0. The van der Waals surface area contributed by atoms with Crippen LogP contribution >= 0.6 is 0 Å². The topological polar surface area (TPSA) is 118 Å². The summed E-state index contributed by atoms with van der Waals surface area (Å²) in [6.45, 7) is 14.9. The zero-order valence-electron chi connectivity index (χ0n) is 24.9. The summed E-state index contributed by atoms with van der Waals surface area (Å²) in [5.41, 5.74) is -0.501. The minimum absolute atomic E-state index is 0.176. The third kappa shape index (κ3) is 5.78. The Balaban J connectivity index is 2.28. The monoisotopic (exact) mass is 562 g/mol. The normalized spacial score (nSPS) is 37.0. The first-order chi connectivity index (χ1) is 18.9. The molecule has 1 saturated heterocycles. The summed E-state index contributed by atoms with van der Waals surface area (Å²) in [7, 11) is 1.60. The number of carbonyl (C=O) groups excluding carboxylic acids is 3. The van der Waals surface area contributed by atoms with Crippen LogP contribution in [-0.2, 0) is 38.1 Å². The van der Waals surface area contributed by atoms with Gasteiger partial charge in [-0.15, -0.1) is 0 Å². The fourth-order valence-corrected chi connectivity index (χ4v) is 6.78. The van der Waals surface area contributed by atoms with Crippen LogP contribution in [0, 0.1) is 22.7 Å². The highest BCUT2D eigenvalue weighted by Gasteiger charge is 2.74. The van der Waals surface area contributed by atoms with Crippen LogP contribution in [0.1, 0.15) is 80.1 Å². The molecule has 1 heterocycles. The lowest BCUT2D eigenvalue weighted by Gasteiger charge is -2.62. The maximum Gasteiger partial charge on any atom is 0.308 e. The van der Waals surface area contributed by atoms with Gasteiger partial charge in [0.25, 0.3) is 0 Å². The number of methoxy groups -OCH3 is 1. The molecule has 40 heavy (non-hydrogen) atoms. The molecule has 0 amide bonds. The quantitative estimate of drug-likeness (QED) is 0.164. The van der Waals surface area contributed by atoms with Gasteiger partial charge in [-0.05, 0) is 50.0 Å². The van der Waals surface area contributed by atoms with Crippen LogP contribution < -0.4 is 0 Å². The number of hydrogen-bond donors (Lipinski definition) is 1. The molecule has 1 spiro atoms. The van der Waals surface area contributed by atoms with Gasteiger partial charge in [0.1, 0.15) is 12.2 Å². The second-order valence-corrected chi connectivity index (χ2v) is 11.6. The van der Waals surface area contributed by atoms with Gasteiger partial charge in [0.15, 0.2) is 0 Å². The van der Waals surface area contributed by atoms with Gasteiger partial charge in [-0.25, -0.2) is 0 Å². The molecule has 0 bridgehead atoms. The Labute approximate surface area is 237 Å². The van der Waals surface area contributed by atoms with Gasteiger partial charge < -0.3 is 24.1 Å². The summed E-state index contributed by atoms with van der Waals surface area (Å²) in [5, 5.41) is 12.3. The Morgan fingerprint density at radius 2 is 1.75 bits per heavy atom. The number of allylic oxidation sites excluding steroid dienone is 3. The van der Waals surface area contributed by atoms with Crippen molar-refractivity contribution in [3.05, 3.63) is 36.0 Å². The smallest absolute Gasteiger partial charge is 0.308 e. The molecular weight excluding hydrogens is 516 g/mol. The molecule has 1 aliphatic heterocycles. The van der Waals surface area contributed by atoms with Crippen LogP contribution in [-0.4, -0.2) is 61.0 Å². The van der Waals surface area contributed by atoms with Crippen molar-refractivity contribution < 1.29 is 43.2 Å². The average Bonchev–Trinajstić information content (AvgIpc) is 3.20. The maximum atomic E-state index is 12.8. The maximum absolute atomic E-state index is 12.8. The molecule has 0 radical (unpaired) electrons. The predicted molar refractivity (Wildman–Crippen MR) is 147 cm³/mol. The van der Waals surface area contributed by atoms with Crippen molar-refractivity contribution in [1.82, 2.24) is 0 Å². The van der Waals surface area contributed by atoms with Crippen molar-refractivity contribution >= 4 is 17.9 Å². The second-order valence-electron chi connectivity index (χ2n) is 11.6. The van der Waals surface area contributed by atoms with Gasteiger partial charge in [-0.1, -0.05) is 52.0 Å². The number of aliphatic hydroxyl groups is 1. The van der Waals surface area contributed by atoms with Crippen molar-refractivity contribution in [3.8, 4) is 0 Å². The highest BCUT2D eigenvalue weighted by molar-refractivity contribution is 5.70. The minimum atomic E-state index is -1.35. The fraction of sp³-hybridized carbons (Fsp3) is 0.710. The highest BCUT2D eigenvalue weighted by Crippen LogP contribution is 2.67. The summed E-state index contributed by atoms with van der Waals surface area (Å²) < 4.78 is 29.5. The SMILES string of the molecule is C=C/C(C)=C\C[C@@]1(C)[C@H](C)[C@@H](OC(=O)CCC)[C@H](O)[C@@]23C(=C[C@H](OC)C[C@@H]12)[C@@H](OC(=O)CCC)O[C@H]3OC(C)=O. The molecule has 9 atom stereocenters. The van der Waals surface area contributed by atoms with E-state index < -0.39 is 53.5 Å². The van der Waals surface area contributed by atoms with Crippen LogP contribution in [0.2, 0.25) is 0 Å². The molecule has 0 unspecified atom stereocenters. The number of rotatable bonds is 11. The molecule has 3 rings (SSSR count). The molecule has 224 valence electrons. The molecule has 0 aromatic heterocycles. The summed E-state index contributed by atoms with van der Waals surface area (Å²) in [5.74, 6) is -2.17. The Morgan fingerprint density at radius 3 is 2.30 bits per heavy atom. The van der Waals surface area contributed by atoms with E-state index in [2.05, 4.69) is 19.6 Å². The van der Waals surface area contributed by atoms with E-state index in [9.17, 15) is 19.5 Å². The average molecular weight is 563 g/mol. The molecule has 3 aliphatic rings. The molecule has 2 aliphatic carbocycles. The van der Waals surface area contributed by atoms with Crippen molar-refractivity contribution in [2.75, 3.05) is 7.11 Å². The highest BCUT2D eigenvalue weighted by atomic mass is 16.8. The van der Waals surface area contributed by atoms with Crippen molar-refractivity contribution in [2.45, 2.75) is 111 Å². The van der Waals surface area contributed by atoms with Crippen LogP contribution in [0.3, 0.4) is 0 Å². The Morgan fingerprint density at radius 1 is 1.12 bits per heavy atom. The first-order valence-electron chi connectivity index (χ1n) is 14.3. The van der Waals surface area contributed by atoms with E-state index in [-0.39, 0.29) is 30.8 Å². The zero-order chi connectivity index (χ0) is 29.8. The number of ether oxygens (including phenoxy) is 5. The van der Waals surface area contributed by atoms with E-state index in [0.29, 0.717) is 31.3 Å². The van der Waals surface area contributed by atoms with Crippen molar-refractivity contribution in [2.24, 2.45) is 22.7 Å². The molecule has 0 aromatic rings. The molecular formula is C31H46O9. The van der Waals surface area contributed by atoms with Gasteiger partial charge >= 0.3 is 17.9 Å². The molecule has 9 nitrogen and oxygen atoms in total. The lowest BCUT2D eigenvalue weighted by Crippen LogP contribution is -2.68. The Hall–Kier alpha value is -2.49.